The molecule has 3 aromatic carbocycles. The Morgan fingerprint density at radius 2 is 1.93 bits per heavy atom. The van der Waals surface area contributed by atoms with Gasteiger partial charge in [-0.1, -0.05) is 30.3 Å². The molecule has 0 aromatic heterocycles. The number of methoxy groups -OCH3 is 1. The fourth-order valence-electron chi connectivity index (χ4n) is 4.25. The molecule has 0 spiro atoms. The van der Waals surface area contributed by atoms with Crippen molar-refractivity contribution in [2.75, 3.05) is 18.6 Å². The van der Waals surface area contributed by atoms with Gasteiger partial charge in [0.1, 0.15) is 11.9 Å². The van der Waals surface area contributed by atoms with Crippen molar-refractivity contribution in [3.63, 3.8) is 0 Å². The largest absolute Gasteiger partial charge is 0.497 e. The van der Waals surface area contributed by atoms with Crippen molar-refractivity contribution < 1.29 is 9.53 Å². The molecule has 0 fully saturated rings. The van der Waals surface area contributed by atoms with Crippen molar-refractivity contribution in [3.8, 4) is 5.75 Å². The van der Waals surface area contributed by atoms with Crippen molar-refractivity contribution >= 4 is 22.4 Å². The molecule has 0 saturated carbocycles. The molecule has 3 N–H and O–H groups in total. The SMILES string of the molecule is COc1ccc2cc([C@@H]3NC(=O)c4cccc5c4N3CC[C@@H]5N)ccc2c1. The first-order valence-electron chi connectivity index (χ1n) is 9.19. The zero-order valence-corrected chi connectivity index (χ0v) is 15.1. The Morgan fingerprint density at radius 1 is 1.11 bits per heavy atom. The third-order valence-electron chi connectivity index (χ3n) is 5.65. The van der Waals surface area contributed by atoms with E-state index in [0.29, 0.717) is 5.56 Å². The predicted molar refractivity (Wildman–Crippen MR) is 106 cm³/mol. The van der Waals surface area contributed by atoms with Crippen LogP contribution in [0.25, 0.3) is 10.8 Å². The monoisotopic (exact) mass is 359 g/mol. The van der Waals surface area contributed by atoms with E-state index in [2.05, 4.69) is 28.4 Å². The van der Waals surface area contributed by atoms with E-state index in [4.69, 9.17) is 10.5 Å². The summed E-state index contributed by atoms with van der Waals surface area (Å²) < 4.78 is 5.31. The summed E-state index contributed by atoms with van der Waals surface area (Å²) in [5.41, 5.74) is 10.1. The van der Waals surface area contributed by atoms with Crippen LogP contribution in [0.1, 0.15) is 40.1 Å². The standard InChI is InChI=1S/C22H21N3O2/c1-27-16-8-7-13-11-15(6-5-14(13)12-16)21-24-22(26)18-4-2-3-17-19(23)9-10-25(21)20(17)18/h2-8,11-12,19,21H,9-10,23H2,1H3,(H,24,26)/t19-,21+/m0/s1. The molecule has 0 saturated heterocycles. The van der Waals surface area contributed by atoms with Crippen LogP contribution >= 0.6 is 0 Å². The maximum Gasteiger partial charge on any atom is 0.255 e. The van der Waals surface area contributed by atoms with E-state index in [-0.39, 0.29) is 18.1 Å². The molecule has 0 aliphatic carbocycles. The van der Waals surface area contributed by atoms with Crippen LogP contribution in [-0.4, -0.2) is 19.6 Å². The average molecular weight is 359 g/mol. The zero-order chi connectivity index (χ0) is 18.5. The number of para-hydroxylation sites is 1. The van der Waals surface area contributed by atoms with Gasteiger partial charge in [-0.15, -0.1) is 0 Å². The van der Waals surface area contributed by atoms with Crippen molar-refractivity contribution in [3.05, 3.63) is 71.3 Å². The second kappa shape index (κ2) is 5.99. The molecule has 2 aliphatic rings. The lowest BCUT2D eigenvalue weighted by Gasteiger charge is -2.44. The van der Waals surface area contributed by atoms with Crippen LogP contribution in [0.4, 0.5) is 5.69 Å². The topological polar surface area (TPSA) is 67.6 Å². The van der Waals surface area contributed by atoms with Crippen molar-refractivity contribution in [2.45, 2.75) is 18.6 Å². The van der Waals surface area contributed by atoms with Gasteiger partial charge in [0.05, 0.1) is 18.4 Å². The smallest absolute Gasteiger partial charge is 0.255 e. The Bertz CT molecular complexity index is 1060. The summed E-state index contributed by atoms with van der Waals surface area (Å²) in [6, 6.07) is 18.1. The van der Waals surface area contributed by atoms with E-state index in [1.807, 2.05) is 36.4 Å². The van der Waals surface area contributed by atoms with Crippen LogP contribution in [0, 0.1) is 0 Å². The highest BCUT2D eigenvalue weighted by Gasteiger charge is 2.37. The number of carbonyl (C=O) groups is 1. The molecule has 2 heterocycles. The summed E-state index contributed by atoms with van der Waals surface area (Å²) in [4.78, 5) is 15.0. The number of benzene rings is 3. The lowest BCUT2D eigenvalue weighted by molar-refractivity contribution is 0.0925. The number of hydrogen-bond acceptors (Lipinski definition) is 4. The van der Waals surface area contributed by atoms with E-state index in [1.54, 1.807) is 7.11 Å². The normalized spacial score (nSPS) is 21.0. The lowest BCUT2D eigenvalue weighted by Crippen LogP contribution is -2.49. The third kappa shape index (κ3) is 2.46. The molecule has 27 heavy (non-hydrogen) atoms. The molecule has 2 atom stereocenters. The predicted octanol–water partition coefficient (Wildman–Crippen LogP) is 3.50. The maximum absolute atomic E-state index is 12.8. The van der Waals surface area contributed by atoms with Gasteiger partial charge in [0.2, 0.25) is 0 Å². The van der Waals surface area contributed by atoms with Gasteiger partial charge in [-0.3, -0.25) is 4.79 Å². The zero-order valence-electron chi connectivity index (χ0n) is 15.1. The Balaban J connectivity index is 1.62. The molecule has 5 rings (SSSR count). The number of carbonyl (C=O) groups excluding carboxylic acids is 1. The van der Waals surface area contributed by atoms with E-state index < -0.39 is 0 Å². The third-order valence-corrected chi connectivity index (χ3v) is 5.65. The van der Waals surface area contributed by atoms with Crippen LogP contribution in [0.3, 0.4) is 0 Å². The Hall–Kier alpha value is -3.05. The van der Waals surface area contributed by atoms with Gasteiger partial charge < -0.3 is 20.7 Å². The summed E-state index contributed by atoms with van der Waals surface area (Å²) in [6.45, 7) is 0.816. The fourth-order valence-corrected chi connectivity index (χ4v) is 4.25. The number of rotatable bonds is 2. The Labute approximate surface area is 157 Å². The minimum Gasteiger partial charge on any atom is -0.497 e. The summed E-state index contributed by atoms with van der Waals surface area (Å²) in [6.07, 6.45) is 0.679. The van der Waals surface area contributed by atoms with Crippen LogP contribution in [-0.2, 0) is 0 Å². The summed E-state index contributed by atoms with van der Waals surface area (Å²) in [7, 11) is 1.67. The maximum atomic E-state index is 12.8. The first-order chi connectivity index (χ1) is 13.2. The highest BCUT2D eigenvalue weighted by Crippen LogP contribution is 2.42. The minimum absolute atomic E-state index is 0.0215. The molecule has 2 aliphatic heterocycles. The van der Waals surface area contributed by atoms with Gasteiger partial charge in [-0.05, 0) is 52.6 Å². The highest BCUT2D eigenvalue weighted by molar-refractivity contribution is 6.03. The number of fused-ring (bicyclic) bond motifs is 1. The summed E-state index contributed by atoms with van der Waals surface area (Å²) in [5, 5.41) is 5.41. The second-order valence-corrected chi connectivity index (χ2v) is 7.18. The van der Waals surface area contributed by atoms with Gasteiger partial charge in [0.25, 0.3) is 5.91 Å². The molecule has 0 bridgehead atoms. The first kappa shape index (κ1) is 16.1. The Morgan fingerprint density at radius 3 is 2.78 bits per heavy atom. The van der Waals surface area contributed by atoms with E-state index in [1.165, 1.54) is 0 Å². The van der Waals surface area contributed by atoms with Crippen LogP contribution < -0.4 is 20.7 Å². The van der Waals surface area contributed by atoms with Crippen LogP contribution in [0.5, 0.6) is 5.75 Å². The molecule has 5 heteroatoms. The molecule has 1 amide bonds. The Kier molecular flexibility index (Phi) is 3.58. The van der Waals surface area contributed by atoms with E-state index in [9.17, 15) is 4.79 Å². The second-order valence-electron chi connectivity index (χ2n) is 7.18. The number of nitrogens with two attached hydrogens (primary N) is 1. The van der Waals surface area contributed by atoms with Gasteiger partial charge in [0, 0.05) is 12.6 Å². The molecule has 136 valence electrons. The number of nitrogens with one attached hydrogen (secondary N) is 1. The lowest BCUT2D eigenvalue weighted by atomic mass is 9.90. The van der Waals surface area contributed by atoms with Crippen molar-refractivity contribution in [1.29, 1.82) is 0 Å². The van der Waals surface area contributed by atoms with Crippen molar-refractivity contribution in [2.24, 2.45) is 5.73 Å². The van der Waals surface area contributed by atoms with Crippen LogP contribution in [0.2, 0.25) is 0 Å². The van der Waals surface area contributed by atoms with E-state index in [0.717, 1.165) is 46.3 Å². The fraction of sp³-hybridized carbons (Fsp3) is 0.227. The molecule has 3 aromatic rings. The average Bonchev–Trinajstić information content (AvgIpc) is 2.71. The van der Waals surface area contributed by atoms with Gasteiger partial charge in [0.15, 0.2) is 0 Å². The molecular weight excluding hydrogens is 338 g/mol. The van der Waals surface area contributed by atoms with Gasteiger partial charge >= 0.3 is 0 Å². The van der Waals surface area contributed by atoms with Crippen LogP contribution in [0.15, 0.2) is 54.6 Å². The minimum atomic E-state index is -0.190. The number of anilines is 1. The summed E-state index contributed by atoms with van der Waals surface area (Å²) >= 11 is 0. The number of nitrogens with zero attached hydrogens (tertiary/aromatic N) is 1. The highest BCUT2D eigenvalue weighted by atomic mass is 16.5. The van der Waals surface area contributed by atoms with Gasteiger partial charge in [-0.25, -0.2) is 0 Å². The molecule has 0 unspecified atom stereocenters. The molecule has 5 nitrogen and oxygen atoms in total. The summed E-state index contributed by atoms with van der Waals surface area (Å²) in [5.74, 6) is 0.793. The van der Waals surface area contributed by atoms with Gasteiger partial charge in [-0.2, -0.15) is 0 Å². The first-order valence-corrected chi connectivity index (χ1v) is 9.19. The number of hydrogen-bond donors (Lipinski definition) is 2. The molecule has 0 radical (unpaired) electrons. The number of amides is 1. The van der Waals surface area contributed by atoms with Crippen molar-refractivity contribution in [1.82, 2.24) is 5.32 Å². The van der Waals surface area contributed by atoms with E-state index >= 15 is 0 Å². The quantitative estimate of drug-likeness (QED) is 0.735. The number of ether oxygens (including phenoxy) is 1. The molecular formula is C22H21N3O2.